The first-order chi connectivity index (χ1) is 31.7. The monoisotopic (exact) mass is 816 g/mol. The Kier molecular flexibility index (Phi) is 8.25. The maximum atomic E-state index is 5.50. The number of aromatic nitrogens is 2. The van der Waals surface area contributed by atoms with Crippen LogP contribution in [0.1, 0.15) is 22.7 Å². The quantitative estimate of drug-likeness (QED) is 0.178. The summed E-state index contributed by atoms with van der Waals surface area (Å²) in [6.45, 7) is 0. The molecule has 64 heavy (non-hydrogen) atoms. The summed E-state index contributed by atoms with van der Waals surface area (Å²) in [4.78, 5) is 5.50. The number of amidine groups is 1. The minimum Gasteiger partial charge on any atom is -0.359 e. The number of benzene rings is 10. The van der Waals surface area contributed by atoms with Gasteiger partial charge in [-0.2, -0.15) is 0 Å². The molecule has 0 fully saturated rings. The van der Waals surface area contributed by atoms with Gasteiger partial charge in [0.2, 0.25) is 0 Å². The van der Waals surface area contributed by atoms with E-state index >= 15 is 0 Å². The van der Waals surface area contributed by atoms with E-state index < -0.39 is 0 Å². The fraction of sp³-hybridized carbons (Fsp3) is 0.0167. The maximum Gasteiger partial charge on any atom is 0.134 e. The molecule has 1 atom stereocenters. The first kappa shape index (κ1) is 36.2. The van der Waals surface area contributed by atoms with Crippen molar-refractivity contribution in [3.05, 3.63) is 247 Å². The number of nitrogens with zero attached hydrogens (tertiary/aromatic N) is 3. The van der Waals surface area contributed by atoms with E-state index in [1.165, 1.54) is 70.8 Å². The molecule has 1 aliphatic rings. The Morgan fingerprint density at radius 1 is 0.359 bits per heavy atom. The molecule has 0 amide bonds. The van der Waals surface area contributed by atoms with Gasteiger partial charge in [-0.05, 0) is 92.8 Å². The minimum atomic E-state index is -0.141. The molecule has 10 aromatic carbocycles. The standard InChI is InChI=1S/C60H40N4/c1-3-16-39(17-4-1)43-22-15-23-44(34-43)52-38-53(62-60(61-52)42-20-5-2-6-21-42)45-35-46(63-54-28-13-11-26-50(54)58-48-24-9-7-18-40(48)30-32-56(58)63)37-47(36-45)64-55-29-14-12-27-51(55)59-49-25-10-8-19-41(49)31-33-57(59)64/h1-38,52H,(H,61,62). The Bertz CT molecular complexity index is 3700. The van der Waals surface area contributed by atoms with Crippen LogP contribution in [0.2, 0.25) is 0 Å². The Labute approximate surface area is 370 Å². The van der Waals surface area contributed by atoms with Crippen LogP contribution in [0.5, 0.6) is 0 Å². The molecule has 1 N–H and O–H groups in total. The van der Waals surface area contributed by atoms with Crippen LogP contribution in [0.4, 0.5) is 0 Å². The van der Waals surface area contributed by atoms with Gasteiger partial charge < -0.3 is 14.5 Å². The van der Waals surface area contributed by atoms with Gasteiger partial charge >= 0.3 is 0 Å². The summed E-state index contributed by atoms with van der Waals surface area (Å²) in [6.07, 6.45) is 2.30. The summed E-state index contributed by atoms with van der Waals surface area (Å²) in [6, 6.07) is 81.2. The molecule has 0 spiro atoms. The van der Waals surface area contributed by atoms with Crippen LogP contribution in [-0.4, -0.2) is 15.0 Å². The predicted octanol–water partition coefficient (Wildman–Crippen LogP) is 15.0. The largest absolute Gasteiger partial charge is 0.359 e. The van der Waals surface area contributed by atoms with Gasteiger partial charge in [-0.3, -0.25) is 0 Å². The molecule has 1 aliphatic heterocycles. The van der Waals surface area contributed by atoms with Crippen molar-refractivity contribution in [1.82, 2.24) is 14.5 Å². The average Bonchev–Trinajstić information content (AvgIpc) is 3.90. The highest BCUT2D eigenvalue weighted by molar-refractivity contribution is 6.22. The lowest BCUT2D eigenvalue weighted by Crippen LogP contribution is -2.31. The molecular weight excluding hydrogens is 777 g/mol. The van der Waals surface area contributed by atoms with Crippen molar-refractivity contribution in [3.8, 4) is 22.5 Å². The number of hydrogen-bond acceptors (Lipinski definition) is 2. The third-order valence-corrected chi connectivity index (χ3v) is 13.1. The molecule has 4 heteroatoms. The topological polar surface area (TPSA) is 34.2 Å². The van der Waals surface area contributed by atoms with Gasteiger partial charge in [0.25, 0.3) is 0 Å². The van der Waals surface area contributed by atoms with Gasteiger partial charge in [-0.15, -0.1) is 0 Å². The fourth-order valence-corrected chi connectivity index (χ4v) is 10.2. The molecule has 4 nitrogen and oxygen atoms in total. The molecular formula is C60H40N4. The summed E-state index contributed by atoms with van der Waals surface area (Å²) in [5.41, 5.74) is 13.3. The van der Waals surface area contributed by atoms with Crippen LogP contribution >= 0.6 is 0 Å². The van der Waals surface area contributed by atoms with Crippen LogP contribution in [0, 0.1) is 0 Å². The number of para-hydroxylation sites is 2. The molecule has 0 saturated heterocycles. The van der Waals surface area contributed by atoms with E-state index in [0.717, 1.165) is 45.1 Å². The van der Waals surface area contributed by atoms with Gasteiger partial charge in [0.1, 0.15) is 5.84 Å². The zero-order chi connectivity index (χ0) is 42.1. The summed E-state index contributed by atoms with van der Waals surface area (Å²) in [7, 11) is 0. The van der Waals surface area contributed by atoms with Crippen molar-refractivity contribution in [2.24, 2.45) is 4.99 Å². The van der Waals surface area contributed by atoms with E-state index in [9.17, 15) is 0 Å². The number of fused-ring (bicyclic) bond motifs is 10. The molecule has 300 valence electrons. The van der Waals surface area contributed by atoms with E-state index in [1.807, 2.05) is 0 Å². The van der Waals surface area contributed by atoms with Gasteiger partial charge in [0, 0.05) is 44.0 Å². The number of rotatable bonds is 6. The molecule has 2 aromatic heterocycles. The number of hydrogen-bond donors (Lipinski definition) is 1. The zero-order valence-electron chi connectivity index (χ0n) is 34.9. The molecule has 13 rings (SSSR count). The zero-order valence-corrected chi connectivity index (χ0v) is 34.9. The van der Waals surface area contributed by atoms with Crippen molar-refractivity contribution < 1.29 is 0 Å². The second-order valence-electron chi connectivity index (χ2n) is 16.8. The SMILES string of the molecule is C1=C(c2cc(-n3c4ccccc4c4c5ccccc5ccc43)cc(-n3c4ccccc4c4c5ccccc5ccc43)c2)N=C(c2ccccc2)NC1c1cccc(-c2ccccc2)c1. The second kappa shape index (κ2) is 14.6. The van der Waals surface area contributed by atoms with Crippen molar-refractivity contribution in [1.29, 1.82) is 0 Å². The Morgan fingerprint density at radius 3 is 1.45 bits per heavy atom. The highest BCUT2D eigenvalue weighted by atomic mass is 15.1. The van der Waals surface area contributed by atoms with Crippen molar-refractivity contribution >= 4 is 76.7 Å². The maximum absolute atomic E-state index is 5.50. The third-order valence-electron chi connectivity index (χ3n) is 13.1. The Balaban J connectivity index is 1.11. The molecule has 1 unspecified atom stereocenters. The van der Waals surface area contributed by atoms with Crippen LogP contribution < -0.4 is 5.32 Å². The fourth-order valence-electron chi connectivity index (χ4n) is 10.2. The number of nitrogens with one attached hydrogen (secondary N) is 1. The molecule has 3 heterocycles. The lowest BCUT2D eigenvalue weighted by atomic mass is 9.96. The van der Waals surface area contributed by atoms with Crippen molar-refractivity contribution in [2.45, 2.75) is 6.04 Å². The molecule has 0 radical (unpaired) electrons. The second-order valence-corrected chi connectivity index (χ2v) is 16.8. The molecule has 0 bridgehead atoms. The van der Waals surface area contributed by atoms with E-state index in [0.29, 0.717) is 0 Å². The average molecular weight is 817 g/mol. The summed E-state index contributed by atoms with van der Waals surface area (Å²) in [5, 5.41) is 13.8. The molecule has 0 aliphatic carbocycles. The Hall–Kier alpha value is -8.47. The highest BCUT2D eigenvalue weighted by Gasteiger charge is 2.24. The lowest BCUT2D eigenvalue weighted by Gasteiger charge is -2.25. The van der Waals surface area contributed by atoms with Gasteiger partial charge in [0.15, 0.2) is 0 Å². The summed E-state index contributed by atoms with van der Waals surface area (Å²) in [5.74, 6) is 0.840. The van der Waals surface area contributed by atoms with Gasteiger partial charge in [0.05, 0.1) is 33.8 Å². The molecule has 12 aromatic rings. The summed E-state index contributed by atoms with van der Waals surface area (Å²) >= 11 is 0. The Morgan fingerprint density at radius 2 is 0.859 bits per heavy atom. The van der Waals surface area contributed by atoms with Crippen LogP contribution in [-0.2, 0) is 0 Å². The first-order valence-electron chi connectivity index (χ1n) is 22.0. The van der Waals surface area contributed by atoms with Gasteiger partial charge in [-0.25, -0.2) is 4.99 Å². The van der Waals surface area contributed by atoms with Crippen LogP contribution in [0.15, 0.2) is 236 Å². The molecule has 0 saturated carbocycles. The normalized spacial score (nSPS) is 14.1. The van der Waals surface area contributed by atoms with Gasteiger partial charge in [-0.1, -0.05) is 176 Å². The van der Waals surface area contributed by atoms with Crippen molar-refractivity contribution in [2.75, 3.05) is 0 Å². The number of aliphatic imine (C=N–C) groups is 1. The van der Waals surface area contributed by atoms with E-state index in [4.69, 9.17) is 4.99 Å². The van der Waals surface area contributed by atoms with E-state index in [-0.39, 0.29) is 6.04 Å². The first-order valence-corrected chi connectivity index (χ1v) is 22.0. The lowest BCUT2D eigenvalue weighted by molar-refractivity contribution is 0.781. The van der Waals surface area contributed by atoms with Crippen molar-refractivity contribution in [3.63, 3.8) is 0 Å². The highest BCUT2D eigenvalue weighted by Crippen LogP contribution is 2.41. The predicted molar refractivity (Wildman–Crippen MR) is 269 cm³/mol. The smallest absolute Gasteiger partial charge is 0.134 e. The van der Waals surface area contributed by atoms with E-state index in [1.54, 1.807) is 0 Å². The van der Waals surface area contributed by atoms with E-state index in [2.05, 4.69) is 245 Å². The van der Waals surface area contributed by atoms with Crippen LogP contribution in [0.3, 0.4) is 0 Å². The summed E-state index contributed by atoms with van der Waals surface area (Å²) < 4.78 is 4.91. The van der Waals surface area contributed by atoms with Crippen LogP contribution in [0.25, 0.3) is 93.4 Å². The third kappa shape index (κ3) is 5.80. The minimum absolute atomic E-state index is 0.141.